The Balaban J connectivity index is 1.65. The van der Waals surface area contributed by atoms with Crippen LogP contribution < -0.4 is 15.5 Å². The number of hydrogen-bond donors (Lipinski definition) is 2. The lowest BCUT2D eigenvalue weighted by atomic mass is 9.67. The van der Waals surface area contributed by atoms with Gasteiger partial charge in [0.05, 0.1) is 0 Å². The Morgan fingerprint density at radius 2 is 2.00 bits per heavy atom. The Morgan fingerprint density at radius 1 is 1.24 bits per heavy atom. The van der Waals surface area contributed by atoms with Crippen molar-refractivity contribution in [1.29, 1.82) is 0 Å². The molecule has 0 spiro atoms. The second-order valence-electron chi connectivity index (χ2n) is 7.06. The number of rotatable bonds is 10. The zero-order valence-electron chi connectivity index (χ0n) is 16.1. The number of methoxy groups -OCH3 is 1. The predicted molar refractivity (Wildman–Crippen MR) is 106 cm³/mol. The molecular weight excluding hydrogens is 312 g/mol. The van der Waals surface area contributed by atoms with E-state index in [4.69, 9.17) is 4.74 Å². The van der Waals surface area contributed by atoms with Crippen LogP contribution in [0.3, 0.4) is 0 Å². The molecule has 0 aliphatic heterocycles. The monoisotopic (exact) mass is 346 g/mol. The molecule has 1 fully saturated rings. The summed E-state index contributed by atoms with van der Waals surface area (Å²) in [5.41, 5.74) is 1.66. The van der Waals surface area contributed by atoms with Crippen molar-refractivity contribution in [3.05, 3.63) is 30.3 Å². The molecule has 140 valence electrons. The third-order valence-corrected chi connectivity index (χ3v) is 5.26. The van der Waals surface area contributed by atoms with E-state index >= 15 is 0 Å². The first-order valence-electron chi connectivity index (χ1n) is 9.39. The molecule has 1 aliphatic rings. The molecule has 0 radical (unpaired) electrons. The standard InChI is InChI=1S/C20H34N4O/c1-21-19(23-17-20(11-7-12-20)13-16-25-3)22-14-8-15-24(2)18-9-5-4-6-10-18/h4-6,9-10H,7-8,11-17H2,1-3H3,(H2,21,22,23). The van der Waals surface area contributed by atoms with Crippen molar-refractivity contribution in [2.24, 2.45) is 10.4 Å². The Kier molecular flexibility index (Phi) is 8.06. The number of benzene rings is 1. The lowest BCUT2D eigenvalue weighted by Gasteiger charge is -2.42. The van der Waals surface area contributed by atoms with E-state index in [9.17, 15) is 0 Å². The first kappa shape index (κ1) is 19.6. The van der Waals surface area contributed by atoms with E-state index in [-0.39, 0.29) is 0 Å². The van der Waals surface area contributed by atoms with Gasteiger partial charge in [0.25, 0.3) is 0 Å². The molecule has 25 heavy (non-hydrogen) atoms. The Morgan fingerprint density at radius 3 is 2.60 bits per heavy atom. The van der Waals surface area contributed by atoms with Gasteiger partial charge in [0, 0.05) is 53.1 Å². The molecule has 5 heteroatoms. The summed E-state index contributed by atoms with van der Waals surface area (Å²) in [6, 6.07) is 10.5. The van der Waals surface area contributed by atoms with Crippen molar-refractivity contribution >= 4 is 11.6 Å². The van der Waals surface area contributed by atoms with Crippen LogP contribution in [0.5, 0.6) is 0 Å². The summed E-state index contributed by atoms with van der Waals surface area (Å²) in [5, 5.41) is 6.94. The van der Waals surface area contributed by atoms with Crippen LogP contribution in [0.2, 0.25) is 0 Å². The zero-order valence-corrected chi connectivity index (χ0v) is 16.1. The van der Waals surface area contributed by atoms with Crippen LogP contribution in [-0.4, -0.2) is 53.4 Å². The lowest BCUT2D eigenvalue weighted by Crippen LogP contribution is -2.47. The van der Waals surface area contributed by atoms with E-state index in [1.807, 2.05) is 7.05 Å². The van der Waals surface area contributed by atoms with Crippen LogP contribution in [0.15, 0.2) is 35.3 Å². The number of nitrogens with zero attached hydrogens (tertiary/aromatic N) is 2. The van der Waals surface area contributed by atoms with E-state index in [2.05, 4.69) is 57.9 Å². The van der Waals surface area contributed by atoms with Crippen LogP contribution in [0.1, 0.15) is 32.1 Å². The number of aliphatic imine (C=N–C) groups is 1. The molecule has 2 rings (SSSR count). The van der Waals surface area contributed by atoms with Gasteiger partial charge in [0.2, 0.25) is 0 Å². The van der Waals surface area contributed by atoms with Crippen LogP contribution >= 0.6 is 0 Å². The number of para-hydroxylation sites is 1. The summed E-state index contributed by atoms with van der Waals surface area (Å²) in [7, 11) is 5.76. The average molecular weight is 347 g/mol. The molecule has 1 aromatic rings. The van der Waals surface area contributed by atoms with Crippen molar-refractivity contribution < 1.29 is 4.74 Å². The summed E-state index contributed by atoms with van der Waals surface area (Å²) in [6.45, 7) is 3.77. The average Bonchev–Trinajstić information content (AvgIpc) is 2.62. The molecule has 0 heterocycles. The summed E-state index contributed by atoms with van der Waals surface area (Å²) >= 11 is 0. The van der Waals surface area contributed by atoms with Crippen molar-refractivity contribution in [2.45, 2.75) is 32.1 Å². The van der Waals surface area contributed by atoms with Crippen molar-refractivity contribution in [3.8, 4) is 0 Å². The van der Waals surface area contributed by atoms with Crippen LogP contribution in [0, 0.1) is 5.41 Å². The maximum Gasteiger partial charge on any atom is 0.190 e. The van der Waals surface area contributed by atoms with E-state index in [0.29, 0.717) is 5.41 Å². The first-order chi connectivity index (χ1) is 12.2. The van der Waals surface area contributed by atoms with Gasteiger partial charge in [0.15, 0.2) is 5.96 Å². The van der Waals surface area contributed by atoms with Gasteiger partial charge in [-0.15, -0.1) is 0 Å². The summed E-state index contributed by atoms with van der Waals surface area (Å²) in [6.07, 6.45) is 6.13. The normalized spacial score (nSPS) is 16.2. The second-order valence-corrected chi connectivity index (χ2v) is 7.06. The van der Waals surface area contributed by atoms with Gasteiger partial charge in [-0.3, -0.25) is 4.99 Å². The van der Waals surface area contributed by atoms with E-state index in [1.165, 1.54) is 24.9 Å². The fraction of sp³-hybridized carbons (Fsp3) is 0.650. The van der Waals surface area contributed by atoms with Gasteiger partial charge in [0.1, 0.15) is 0 Å². The van der Waals surface area contributed by atoms with Crippen LogP contribution in [0.25, 0.3) is 0 Å². The Hall–Kier alpha value is -1.75. The van der Waals surface area contributed by atoms with Gasteiger partial charge in [-0.25, -0.2) is 0 Å². The Labute approximate surface area is 152 Å². The fourth-order valence-electron chi connectivity index (χ4n) is 3.34. The van der Waals surface area contributed by atoms with Gasteiger partial charge >= 0.3 is 0 Å². The highest BCUT2D eigenvalue weighted by molar-refractivity contribution is 5.79. The largest absolute Gasteiger partial charge is 0.385 e. The van der Waals surface area contributed by atoms with Gasteiger partial charge in [-0.2, -0.15) is 0 Å². The minimum absolute atomic E-state index is 0.404. The molecule has 0 saturated heterocycles. The number of nitrogens with one attached hydrogen (secondary N) is 2. The first-order valence-corrected chi connectivity index (χ1v) is 9.39. The third kappa shape index (κ3) is 6.24. The molecule has 0 atom stereocenters. The smallest absolute Gasteiger partial charge is 0.190 e. The van der Waals surface area contributed by atoms with E-state index in [1.54, 1.807) is 7.11 Å². The molecular formula is C20H34N4O. The van der Waals surface area contributed by atoms with E-state index < -0.39 is 0 Å². The highest BCUT2D eigenvalue weighted by Gasteiger charge is 2.36. The number of anilines is 1. The summed E-state index contributed by atoms with van der Waals surface area (Å²) in [4.78, 5) is 6.64. The van der Waals surface area contributed by atoms with Gasteiger partial charge in [-0.1, -0.05) is 24.6 Å². The molecule has 1 aromatic carbocycles. The van der Waals surface area contributed by atoms with Crippen LogP contribution in [0.4, 0.5) is 5.69 Å². The summed E-state index contributed by atoms with van der Waals surface area (Å²) < 4.78 is 5.27. The van der Waals surface area contributed by atoms with Gasteiger partial charge in [-0.05, 0) is 43.2 Å². The maximum absolute atomic E-state index is 5.27. The Bertz CT molecular complexity index is 514. The maximum atomic E-state index is 5.27. The second kappa shape index (κ2) is 10.3. The van der Waals surface area contributed by atoms with Crippen molar-refractivity contribution in [3.63, 3.8) is 0 Å². The number of guanidine groups is 1. The number of hydrogen-bond acceptors (Lipinski definition) is 3. The minimum atomic E-state index is 0.404. The molecule has 0 bridgehead atoms. The molecule has 0 unspecified atom stereocenters. The topological polar surface area (TPSA) is 48.9 Å². The predicted octanol–water partition coefficient (Wildman–Crippen LogP) is 2.88. The quantitative estimate of drug-likeness (QED) is 0.389. The number of ether oxygens (including phenoxy) is 1. The van der Waals surface area contributed by atoms with E-state index in [0.717, 1.165) is 45.0 Å². The zero-order chi connectivity index (χ0) is 18.0. The molecule has 1 saturated carbocycles. The highest BCUT2D eigenvalue weighted by Crippen LogP contribution is 2.43. The molecule has 0 amide bonds. The van der Waals surface area contributed by atoms with Crippen LogP contribution in [-0.2, 0) is 4.74 Å². The molecule has 5 nitrogen and oxygen atoms in total. The molecule has 2 N–H and O–H groups in total. The lowest BCUT2D eigenvalue weighted by molar-refractivity contribution is 0.0732. The third-order valence-electron chi connectivity index (χ3n) is 5.26. The fourth-order valence-corrected chi connectivity index (χ4v) is 3.34. The SMILES string of the molecule is CN=C(NCCCN(C)c1ccccc1)NCC1(CCOC)CCC1. The highest BCUT2D eigenvalue weighted by atomic mass is 16.5. The minimum Gasteiger partial charge on any atom is -0.385 e. The molecule has 1 aliphatic carbocycles. The van der Waals surface area contributed by atoms with Crippen molar-refractivity contribution in [1.82, 2.24) is 10.6 Å². The van der Waals surface area contributed by atoms with Crippen molar-refractivity contribution in [2.75, 3.05) is 52.3 Å². The van der Waals surface area contributed by atoms with Gasteiger partial charge < -0.3 is 20.3 Å². The summed E-state index contributed by atoms with van der Waals surface area (Å²) in [5.74, 6) is 0.908. The molecule has 0 aromatic heterocycles.